The molecule has 1 aliphatic heterocycles. The van der Waals surface area contributed by atoms with Gasteiger partial charge in [-0.15, -0.1) is 0 Å². The number of rotatable bonds is 3. The summed E-state index contributed by atoms with van der Waals surface area (Å²) in [7, 11) is 0. The molecule has 1 N–H and O–H groups in total. The van der Waals surface area contributed by atoms with Gasteiger partial charge in [-0.05, 0) is 42.5 Å². The highest BCUT2D eigenvalue weighted by Crippen LogP contribution is 2.31. The lowest BCUT2D eigenvalue weighted by atomic mass is 9.88. The first-order chi connectivity index (χ1) is 12.4. The van der Waals surface area contributed by atoms with Crippen LogP contribution in [-0.4, -0.2) is 39.0 Å². The van der Waals surface area contributed by atoms with E-state index in [2.05, 4.69) is 9.97 Å². The van der Waals surface area contributed by atoms with Gasteiger partial charge < -0.3 is 10.0 Å². The third-order valence-corrected chi connectivity index (χ3v) is 4.60. The van der Waals surface area contributed by atoms with E-state index in [0.717, 1.165) is 17.8 Å². The molecule has 1 amide bonds. The van der Waals surface area contributed by atoms with E-state index < -0.39 is 23.9 Å². The van der Waals surface area contributed by atoms with Crippen LogP contribution in [0.5, 0.6) is 0 Å². The van der Waals surface area contributed by atoms with Crippen LogP contribution in [0, 0.1) is 5.92 Å². The van der Waals surface area contributed by atoms with E-state index in [-0.39, 0.29) is 11.5 Å². The van der Waals surface area contributed by atoms with E-state index in [0.29, 0.717) is 25.9 Å². The fraction of sp³-hybridized carbons (Fsp3) is 0.389. The molecule has 0 aromatic carbocycles. The second-order valence-electron chi connectivity index (χ2n) is 6.29. The Labute approximate surface area is 148 Å². The first-order valence-electron chi connectivity index (χ1n) is 8.27. The van der Waals surface area contributed by atoms with Crippen molar-refractivity contribution < 1.29 is 23.1 Å². The van der Waals surface area contributed by atoms with Gasteiger partial charge in [-0.2, -0.15) is 13.2 Å². The molecule has 138 valence electrons. The lowest BCUT2D eigenvalue weighted by Crippen LogP contribution is -2.39. The molecule has 1 unspecified atom stereocenters. The molecule has 3 rings (SSSR count). The smallest absolute Gasteiger partial charge is 0.388 e. The average Bonchev–Trinajstić information content (AvgIpc) is 2.67. The first-order valence-corrected chi connectivity index (χ1v) is 8.27. The van der Waals surface area contributed by atoms with Crippen molar-refractivity contribution in [3.05, 3.63) is 59.7 Å². The van der Waals surface area contributed by atoms with Crippen molar-refractivity contribution in [2.45, 2.75) is 25.1 Å². The van der Waals surface area contributed by atoms with E-state index in [9.17, 15) is 23.1 Å². The average molecular weight is 365 g/mol. The van der Waals surface area contributed by atoms with Crippen molar-refractivity contribution in [2.75, 3.05) is 13.1 Å². The number of halogens is 3. The zero-order valence-electron chi connectivity index (χ0n) is 13.9. The van der Waals surface area contributed by atoms with Crippen molar-refractivity contribution in [1.29, 1.82) is 0 Å². The number of pyridine rings is 2. The van der Waals surface area contributed by atoms with Crippen molar-refractivity contribution in [3.63, 3.8) is 0 Å². The molecule has 0 spiro atoms. The van der Waals surface area contributed by atoms with Crippen LogP contribution in [0.4, 0.5) is 13.2 Å². The number of alkyl halides is 3. The molecule has 1 fully saturated rings. The third kappa shape index (κ3) is 4.01. The fourth-order valence-electron chi connectivity index (χ4n) is 3.14. The van der Waals surface area contributed by atoms with Crippen LogP contribution < -0.4 is 0 Å². The predicted octanol–water partition coefficient (Wildman–Crippen LogP) is 3.08. The molecular formula is C18H18F3N3O2. The Hall–Kier alpha value is -2.48. The Kier molecular flexibility index (Phi) is 5.22. The summed E-state index contributed by atoms with van der Waals surface area (Å²) in [5.74, 6) is -0.473. The second-order valence-corrected chi connectivity index (χ2v) is 6.29. The topological polar surface area (TPSA) is 66.3 Å². The molecule has 8 heteroatoms. The lowest BCUT2D eigenvalue weighted by molar-refractivity contribution is -0.141. The van der Waals surface area contributed by atoms with Gasteiger partial charge in [0.25, 0.3) is 5.91 Å². The number of aliphatic hydroxyl groups excluding tert-OH is 1. The molecule has 3 heterocycles. The number of amides is 1. The Balaban J connectivity index is 1.64. The van der Waals surface area contributed by atoms with Crippen LogP contribution in [0.3, 0.4) is 0 Å². The van der Waals surface area contributed by atoms with E-state index in [1.807, 2.05) is 0 Å². The van der Waals surface area contributed by atoms with Crippen LogP contribution in [0.1, 0.15) is 40.6 Å². The number of aliphatic hydroxyl groups is 1. The summed E-state index contributed by atoms with van der Waals surface area (Å²) < 4.78 is 38.3. The number of carbonyl (C=O) groups is 1. The quantitative estimate of drug-likeness (QED) is 0.908. The Morgan fingerprint density at radius 1 is 1.23 bits per heavy atom. The summed E-state index contributed by atoms with van der Waals surface area (Å²) in [4.78, 5) is 21.3. The van der Waals surface area contributed by atoms with E-state index in [4.69, 9.17) is 0 Å². The molecule has 2 aromatic heterocycles. The van der Waals surface area contributed by atoms with Crippen LogP contribution in [0.15, 0.2) is 42.9 Å². The maximum absolute atomic E-state index is 12.8. The number of nitrogens with zero attached hydrogens (tertiary/aromatic N) is 3. The Morgan fingerprint density at radius 2 is 1.96 bits per heavy atom. The molecule has 5 nitrogen and oxygen atoms in total. The number of likely N-dealkylation sites (tertiary alicyclic amines) is 1. The van der Waals surface area contributed by atoms with Crippen LogP contribution in [0.2, 0.25) is 0 Å². The maximum Gasteiger partial charge on any atom is 0.433 e. The summed E-state index contributed by atoms with van der Waals surface area (Å²) in [6.45, 7) is 0.759. The molecule has 2 aromatic rings. The highest BCUT2D eigenvalue weighted by molar-refractivity contribution is 5.94. The monoisotopic (exact) mass is 365 g/mol. The van der Waals surface area contributed by atoms with Gasteiger partial charge in [0.2, 0.25) is 0 Å². The molecule has 0 aliphatic carbocycles. The zero-order valence-corrected chi connectivity index (χ0v) is 13.9. The van der Waals surface area contributed by atoms with Crippen molar-refractivity contribution in [2.24, 2.45) is 5.92 Å². The van der Waals surface area contributed by atoms with Crippen molar-refractivity contribution in [1.82, 2.24) is 14.9 Å². The van der Waals surface area contributed by atoms with Crippen LogP contribution in [-0.2, 0) is 6.18 Å². The standard InChI is InChI=1S/C18H18F3N3O2/c19-18(20,21)15-10-13(3-7-23-15)17(26)24-8-4-12(5-9-24)16(25)14-2-1-6-22-11-14/h1-3,6-7,10-12,16,25H,4-5,8-9H2. The van der Waals surface area contributed by atoms with E-state index >= 15 is 0 Å². The predicted molar refractivity (Wildman–Crippen MR) is 87.1 cm³/mol. The van der Waals surface area contributed by atoms with Gasteiger partial charge >= 0.3 is 6.18 Å². The van der Waals surface area contributed by atoms with Crippen LogP contribution >= 0.6 is 0 Å². The minimum absolute atomic E-state index is 0.0218. The van der Waals surface area contributed by atoms with Crippen molar-refractivity contribution in [3.8, 4) is 0 Å². The number of hydrogen-bond donors (Lipinski definition) is 1. The number of carbonyl (C=O) groups excluding carboxylic acids is 1. The molecule has 0 radical (unpaired) electrons. The van der Waals surface area contributed by atoms with Crippen LogP contribution in [0.25, 0.3) is 0 Å². The zero-order chi connectivity index (χ0) is 18.7. The summed E-state index contributed by atoms with van der Waals surface area (Å²) in [6, 6.07) is 5.61. The Bertz CT molecular complexity index is 760. The minimum Gasteiger partial charge on any atom is -0.388 e. The van der Waals surface area contributed by atoms with Gasteiger partial charge in [0.15, 0.2) is 0 Å². The largest absolute Gasteiger partial charge is 0.433 e. The van der Waals surface area contributed by atoms with Gasteiger partial charge in [0.05, 0.1) is 6.10 Å². The molecule has 1 atom stereocenters. The Morgan fingerprint density at radius 3 is 2.58 bits per heavy atom. The van der Waals surface area contributed by atoms with Gasteiger partial charge in [0.1, 0.15) is 5.69 Å². The normalized spacial score (nSPS) is 17.2. The molecule has 1 saturated heterocycles. The van der Waals surface area contributed by atoms with Gasteiger partial charge in [-0.3, -0.25) is 14.8 Å². The molecule has 0 bridgehead atoms. The molecular weight excluding hydrogens is 347 g/mol. The molecule has 1 aliphatic rings. The van der Waals surface area contributed by atoms with Crippen molar-refractivity contribution >= 4 is 5.91 Å². The number of hydrogen-bond acceptors (Lipinski definition) is 4. The molecule has 26 heavy (non-hydrogen) atoms. The van der Waals surface area contributed by atoms with Gasteiger partial charge in [0, 0.05) is 37.2 Å². The number of aromatic nitrogens is 2. The second kappa shape index (κ2) is 7.41. The summed E-state index contributed by atoms with van der Waals surface area (Å²) in [6.07, 6.45) is 0.113. The summed E-state index contributed by atoms with van der Waals surface area (Å²) in [5.41, 5.74) is -0.384. The van der Waals surface area contributed by atoms with E-state index in [1.165, 1.54) is 11.0 Å². The number of piperidine rings is 1. The summed E-state index contributed by atoms with van der Waals surface area (Å²) in [5, 5.41) is 10.4. The van der Waals surface area contributed by atoms with E-state index in [1.54, 1.807) is 24.5 Å². The maximum atomic E-state index is 12.8. The highest BCUT2D eigenvalue weighted by atomic mass is 19.4. The highest BCUT2D eigenvalue weighted by Gasteiger charge is 2.34. The van der Waals surface area contributed by atoms with Gasteiger partial charge in [-0.1, -0.05) is 6.07 Å². The van der Waals surface area contributed by atoms with Gasteiger partial charge in [-0.25, -0.2) is 0 Å². The SMILES string of the molecule is O=C(c1ccnc(C(F)(F)F)c1)N1CCC(C(O)c2cccnc2)CC1. The molecule has 0 saturated carbocycles. The minimum atomic E-state index is -4.59. The first kappa shape index (κ1) is 18.3. The lowest BCUT2D eigenvalue weighted by Gasteiger charge is -2.34. The fourth-order valence-corrected chi connectivity index (χ4v) is 3.14. The summed E-state index contributed by atoms with van der Waals surface area (Å²) >= 11 is 0. The third-order valence-electron chi connectivity index (χ3n) is 4.60.